The number of hydrogen-bond acceptors (Lipinski definition) is 3. The standard InChI is InChI=1S/C13H18N2OS/c1-17-11-4-2-10(3-5-11)8-15-12(16)13(9-14)6-7-13/h2-5H,6-9,14H2,1H3,(H,15,16). The second-order valence-corrected chi connectivity index (χ2v) is 5.39. The third-order valence-corrected chi connectivity index (χ3v) is 4.08. The van der Waals surface area contributed by atoms with Crippen LogP contribution in [0.25, 0.3) is 0 Å². The first-order chi connectivity index (χ1) is 8.20. The van der Waals surface area contributed by atoms with E-state index in [1.165, 1.54) is 4.90 Å². The second-order valence-electron chi connectivity index (χ2n) is 4.52. The predicted molar refractivity (Wildman–Crippen MR) is 70.8 cm³/mol. The van der Waals surface area contributed by atoms with Gasteiger partial charge in [-0.15, -0.1) is 11.8 Å². The molecule has 3 N–H and O–H groups in total. The Morgan fingerprint density at radius 3 is 2.53 bits per heavy atom. The molecule has 0 heterocycles. The molecule has 3 nitrogen and oxygen atoms in total. The number of thioether (sulfide) groups is 1. The predicted octanol–water partition coefficient (Wildman–Crippen LogP) is 1.76. The van der Waals surface area contributed by atoms with E-state index in [-0.39, 0.29) is 11.3 Å². The number of carbonyl (C=O) groups is 1. The van der Waals surface area contributed by atoms with Gasteiger partial charge in [0.15, 0.2) is 0 Å². The van der Waals surface area contributed by atoms with Crippen LogP contribution in [-0.4, -0.2) is 18.7 Å². The van der Waals surface area contributed by atoms with Crippen molar-refractivity contribution in [3.05, 3.63) is 29.8 Å². The summed E-state index contributed by atoms with van der Waals surface area (Å²) in [5.74, 6) is 0.106. The summed E-state index contributed by atoms with van der Waals surface area (Å²) in [7, 11) is 0. The summed E-state index contributed by atoms with van der Waals surface area (Å²) < 4.78 is 0. The van der Waals surface area contributed by atoms with Gasteiger partial charge in [-0.2, -0.15) is 0 Å². The van der Waals surface area contributed by atoms with Gasteiger partial charge in [0.25, 0.3) is 0 Å². The highest BCUT2D eigenvalue weighted by atomic mass is 32.2. The van der Waals surface area contributed by atoms with Crippen LogP contribution in [0.15, 0.2) is 29.2 Å². The molecule has 1 saturated carbocycles. The molecule has 0 aliphatic heterocycles. The first-order valence-electron chi connectivity index (χ1n) is 5.81. The van der Waals surface area contributed by atoms with Crippen LogP contribution < -0.4 is 11.1 Å². The molecule has 1 fully saturated rings. The Kier molecular flexibility index (Phi) is 3.74. The Balaban J connectivity index is 1.87. The summed E-state index contributed by atoms with van der Waals surface area (Å²) in [6.45, 7) is 1.06. The van der Waals surface area contributed by atoms with E-state index in [1.807, 2.05) is 12.1 Å². The number of carbonyl (C=O) groups excluding carboxylic acids is 1. The molecule has 1 aliphatic rings. The molecule has 0 radical (unpaired) electrons. The molecule has 1 amide bonds. The molecular weight excluding hydrogens is 232 g/mol. The van der Waals surface area contributed by atoms with Gasteiger partial charge < -0.3 is 11.1 Å². The summed E-state index contributed by atoms with van der Waals surface area (Å²) >= 11 is 1.72. The number of rotatable bonds is 5. The van der Waals surface area contributed by atoms with Crippen LogP contribution in [-0.2, 0) is 11.3 Å². The molecule has 0 atom stereocenters. The molecule has 0 unspecified atom stereocenters. The van der Waals surface area contributed by atoms with Crippen LogP contribution in [0, 0.1) is 5.41 Å². The molecular formula is C13H18N2OS. The average Bonchev–Trinajstić information content (AvgIpc) is 3.17. The van der Waals surface area contributed by atoms with E-state index in [9.17, 15) is 4.79 Å². The third kappa shape index (κ3) is 2.82. The fourth-order valence-electron chi connectivity index (χ4n) is 1.79. The van der Waals surface area contributed by atoms with E-state index in [2.05, 4.69) is 23.7 Å². The maximum atomic E-state index is 11.9. The molecule has 1 aliphatic carbocycles. The van der Waals surface area contributed by atoms with Crippen LogP contribution >= 0.6 is 11.8 Å². The van der Waals surface area contributed by atoms with Gasteiger partial charge in [-0.05, 0) is 36.8 Å². The van der Waals surface area contributed by atoms with Crippen LogP contribution in [0.5, 0.6) is 0 Å². The third-order valence-electron chi connectivity index (χ3n) is 3.34. The van der Waals surface area contributed by atoms with Gasteiger partial charge in [0, 0.05) is 18.0 Å². The number of nitrogens with two attached hydrogens (primary N) is 1. The Bertz CT molecular complexity index is 398. The first kappa shape index (κ1) is 12.5. The zero-order chi connectivity index (χ0) is 12.3. The van der Waals surface area contributed by atoms with Crippen LogP contribution in [0.2, 0.25) is 0 Å². The van der Waals surface area contributed by atoms with Crippen molar-refractivity contribution in [2.45, 2.75) is 24.3 Å². The zero-order valence-corrected chi connectivity index (χ0v) is 10.8. The van der Waals surface area contributed by atoms with Gasteiger partial charge >= 0.3 is 0 Å². The lowest BCUT2D eigenvalue weighted by molar-refractivity contribution is -0.126. The van der Waals surface area contributed by atoms with Gasteiger partial charge in [-0.25, -0.2) is 0 Å². The van der Waals surface area contributed by atoms with Gasteiger partial charge in [-0.3, -0.25) is 4.79 Å². The second kappa shape index (κ2) is 5.10. The van der Waals surface area contributed by atoms with Crippen molar-refractivity contribution in [1.29, 1.82) is 0 Å². The highest BCUT2D eigenvalue weighted by Gasteiger charge is 2.48. The minimum Gasteiger partial charge on any atom is -0.352 e. The first-order valence-corrected chi connectivity index (χ1v) is 7.04. The lowest BCUT2D eigenvalue weighted by Gasteiger charge is -2.12. The molecule has 1 aromatic rings. The highest BCUT2D eigenvalue weighted by Crippen LogP contribution is 2.44. The molecule has 17 heavy (non-hydrogen) atoms. The van der Waals surface area contributed by atoms with Crippen molar-refractivity contribution in [2.75, 3.05) is 12.8 Å². The summed E-state index contributed by atoms with van der Waals surface area (Å²) in [5.41, 5.74) is 6.49. The summed E-state index contributed by atoms with van der Waals surface area (Å²) in [6.07, 6.45) is 3.91. The van der Waals surface area contributed by atoms with Gasteiger partial charge in [0.05, 0.1) is 5.41 Å². The van der Waals surface area contributed by atoms with Gasteiger partial charge in [-0.1, -0.05) is 12.1 Å². The summed E-state index contributed by atoms with van der Waals surface area (Å²) in [5, 5.41) is 2.96. The van der Waals surface area contributed by atoms with Crippen molar-refractivity contribution in [3.63, 3.8) is 0 Å². The lowest BCUT2D eigenvalue weighted by atomic mass is 10.1. The van der Waals surface area contributed by atoms with Crippen molar-refractivity contribution in [2.24, 2.45) is 11.1 Å². The van der Waals surface area contributed by atoms with E-state index in [0.717, 1.165) is 18.4 Å². The molecule has 2 rings (SSSR count). The number of hydrogen-bond donors (Lipinski definition) is 2. The summed E-state index contributed by atoms with van der Waals surface area (Å²) in [4.78, 5) is 13.1. The fraction of sp³-hybridized carbons (Fsp3) is 0.462. The van der Waals surface area contributed by atoms with Crippen LogP contribution in [0.3, 0.4) is 0 Å². The van der Waals surface area contributed by atoms with E-state index >= 15 is 0 Å². The summed E-state index contributed by atoms with van der Waals surface area (Å²) in [6, 6.07) is 8.24. The van der Waals surface area contributed by atoms with Crippen LogP contribution in [0.1, 0.15) is 18.4 Å². The minimum atomic E-state index is -0.251. The molecule has 0 saturated heterocycles. The molecule has 1 aromatic carbocycles. The molecule has 4 heteroatoms. The topological polar surface area (TPSA) is 55.1 Å². The molecule has 0 bridgehead atoms. The quantitative estimate of drug-likeness (QED) is 0.783. The van der Waals surface area contributed by atoms with E-state index in [4.69, 9.17) is 5.73 Å². The Labute approximate surface area is 106 Å². The Morgan fingerprint density at radius 2 is 2.06 bits per heavy atom. The Hall–Kier alpha value is -1.00. The van der Waals surface area contributed by atoms with Crippen molar-refractivity contribution in [3.8, 4) is 0 Å². The fourth-order valence-corrected chi connectivity index (χ4v) is 2.20. The largest absolute Gasteiger partial charge is 0.352 e. The lowest BCUT2D eigenvalue weighted by Crippen LogP contribution is -2.36. The maximum Gasteiger partial charge on any atom is 0.227 e. The van der Waals surface area contributed by atoms with E-state index in [1.54, 1.807) is 11.8 Å². The SMILES string of the molecule is CSc1ccc(CNC(=O)C2(CN)CC2)cc1. The number of benzene rings is 1. The monoisotopic (exact) mass is 250 g/mol. The van der Waals surface area contributed by atoms with E-state index in [0.29, 0.717) is 13.1 Å². The number of nitrogens with one attached hydrogen (secondary N) is 1. The van der Waals surface area contributed by atoms with Crippen LogP contribution in [0.4, 0.5) is 0 Å². The zero-order valence-electron chi connectivity index (χ0n) is 10.0. The number of amides is 1. The van der Waals surface area contributed by atoms with Crippen molar-refractivity contribution >= 4 is 17.7 Å². The van der Waals surface area contributed by atoms with Gasteiger partial charge in [0.2, 0.25) is 5.91 Å². The van der Waals surface area contributed by atoms with E-state index < -0.39 is 0 Å². The molecule has 0 spiro atoms. The Morgan fingerprint density at radius 1 is 1.41 bits per heavy atom. The minimum absolute atomic E-state index is 0.106. The van der Waals surface area contributed by atoms with Crippen molar-refractivity contribution < 1.29 is 4.79 Å². The molecule has 92 valence electrons. The van der Waals surface area contributed by atoms with Gasteiger partial charge in [0.1, 0.15) is 0 Å². The maximum absolute atomic E-state index is 11.9. The highest BCUT2D eigenvalue weighted by molar-refractivity contribution is 7.98. The normalized spacial score (nSPS) is 16.6. The average molecular weight is 250 g/mol. The smallest absolute Gasteiger partial charge is 0.227 e. The van der Waals surface area contributed by atoms with Crippen molar-refractivity contribution in [1.82, 2.24) is 5.32 Å². The molecule has 0 aromatic heterocycles.